The van der Waals surface area contributed by atoms with Crippen LogP contribution in [0.25, 0.3) is 0 Å². The van der Waals surface area contributed by atoms with Crippen LogP contribution < -0.4 is 9.47 Å². The van der Waals surface area contributed by atoms with E-state index >= 15 is 0 Å². The molecule has 1 aromatic heterocycles. The number of hydrogen-bond donors (Lipinski definition) is 0. The zero-order valence-corrected chi connectivity index (χ0v) is 13.2. The Balaban J connectivity index is 1.40. The Kier molecular flexibility index (Phi) is 4.58. The minimum Gasteiger partial charge on any atom is -0.497 e. The summed E-state index contributed by atoms with van der Waals surface area (Å²) in [4.78, 5) is 18.0. The molecule has 22 heavy (non-hydrogen) atoms. The Hall–Kier alpha value is -2.08. The topological polar surface area (TPSA) is 51.7 Å². The number of thiazole rings is 1. The highest BCUT2D eigenvalue weighted by molar-refractivity contribution is 7.11. The lowest BCUT2D eigenvalue weighted by atomic mass is 10.1. The number of aromatic nitrogens is 1. The van der Waals surface area contributed by atoms with Gasteiger partial charge in [-0.1, -0.05) is 23.5 Å². The number of ether oxygens (including phenoxy) is 2. The molecule has 2 heterocycles. The van der Waals surface area contributed by atoms with E-state index in [0.29, 0.717) is 24.7 Å². The standard InChI is InChI=1S/C16H18N2O3S/c1-20-13-5-2-12(3-6-13)4-7-15(19)18-10-14(11-18)21-16-17-8-9-22-16/h2-3,5-6,8-9,14H,4,7,10-11H2,1H3. The fourth-order valence-electron chi connectivity index (χ4n) is 2.33. The SMILES string of the molecule is COc1ccc(CCC(=O)N2CC(Oc3nccs3)C2)cc1. The molecular weight excluding hydrogens is 300 g/mol. The first kappa shape index (κ1) is 14.8. The van der Waals surface area contributed by atoms with E-state index in [4.69, 9.17) is 9.47 Å². The molecule has 1 amide bonds. The van der Waals surface area contributed by atoms with Crippen LogP contribution >= 0.6 is 11.3 Å². The van der Waals surface area contributed by atoms with Gasteiger partial charge in [-0.05, 0) is 24.1 Å². The van der Waals surface area contributed by atoms with E-state index < -0.39 is 0 Å². The summed E-state index contributed by atoms with van der Waals surface area (Å²) in [5.41, 5.74) is 1.14. The molecule has 1 aromatic carbocycles. The molecule has 116 valence electrons. The zero-order valence-electron chi connectivity index (χ0n) is 12.4. The predicted octanol–water partition coefficient (Wildman–Crippen LogP) is 2.37. The molecule has 0 aliphatic carbocycles. The van der Waals surface area contributed by atoms with Crippen molar-refractivity contribution in [2.45, 2.75) is 18.9 Å². The van der Waals surface area contributed by atoms with Crippen molar-refractivity contribution in [2.75, 3.05) is 20.2 Å². The maximum Gasteiger partial charge on any atom is 0.273 e. The molecule has 0 N–H and O–H groups in total. The van der Waals surface area contributed by atoms with Crippen molar-refractivity contribution in [2.24, 2.45) is 0 Å². The molecule has 2 aromatic rings. The molecule has 0 radical (unpaired) electrons. The lowest BCUT2D eigenvalue weighted by molar-refractivity contribution is -0.139. The van der Waals surface area contributed by atoms with Crippen LogP contribution in [-0.4, -0.2) is 42.1 Å². The van der Waals surface area contributed by atoms with Crippen molar-refractivity contribution in [1.29, 1.82) is 0 Å². The zero-order chi connectivity index (χ0) is 15.4. The highest BCUT2D eigenvalue weighted by Gasteiger charge is 2.32. The summed E-state index contributed by atoms with van der Waals surface area (Å²) in [6, 6.07) is 7.83. The highest BCUT2D eigenvalue weighted by atomic mass is 32.1. The van der Waals surface area contributed by atoms with Crippen molar-refractivity contribution in [1.82, 2.24) is 9.88 Å². The number of nitrogens with zero attached hydrogens (tertiary/aromatic N) is 2. The third-order valence-corrected chi connectivity index (χ3v) is 4.33. The van der Waals surface area contributed by atoms with E-state index in [0.717, 1.165) is 17.7 Å². The normalized spacial score (nSPS) is 14.5. The van der Waals surface area contributed by atoms with Crippen LogP contribution in [0.5, 0.6) is 10.9 Å². The Labute approximate surface area is 133 Å². The minimum absolute atomic E-state index is 0.0797. The number of carbonyl (C=O) groups is 1. The summed E-state index contributed by atoms with van der Waals surface area (Å²) >= 11 is 1.47. The number of benzene rings is 1. The Morgan fingerprint density at radius 2 is 2.14 bits per heavy atom. The van der Waals surface area contributed by atoms with Gasteiger partial charge in [0.15, 0.2) is 0 Å². The third kappa shape index (κ3) is 3.57. The van der Waals surface area contributed by atoms with Crippen LogP contribution in [0.4, 0.5) is 0 Å². The monoisotopic (exact) mass is 318 g/mol. The molecular formula is C16H18N2O3S. The number of hydrogen-bond acceptors (Lipinski definition) is 5. The van der Waals surface area contributed by atoms with Crippen molar-refractivity contribution in [3.05, 3.63) is 41.4 Å². The predicted molar refractivity (Wildman–Crippen MR) is 84.4 cm³/mol. The van der Waals surface area contributed by atoms with Gasteiger partial charge in [0.25, 0.3) is 5.19 Å². The summed E-state index contributed by atoms with van der Waals surface area (Å²) in [5.74, 6) is 1.01. The van der Waals surface area contributed by atoms with Crippen molar-refractivity contribution in [3.63, 3.8) is 0 Å². The number of rotatable bonds is 6. The Bertz CT molecular complexity index is 607. The van der Waals surface area contributed by atoms with Crippen LogP contribution in [0.3, 0.4) is 0 Å². The van der Waals surface area contributed by atoms with Gasteiger partial charge in [0, 0.05) is 18.0 Å². The number of amides is 1. The van der Waals surface area contributed by atoms with Gasteiger partial charge in [-0.25, -0.2) is 4.98 Å². The number of aryl methyl sites for hydroxylation is 1. The average Bonchev–Trinajstić information content (AvgIpc) is 3.01. The summed E-state index contributed by atoms with van der Waals surface area (Å²) in [5, 5.41) is 2.56. The quantitative estimate of drug-likeness (QED) is 0.820. The molecule has 1 fully saturated rings. The van der Waals surface area contributed by atoms with Crippen LogP contribution in [0, 0.1) is 0 Å². The van der Waals surface area contributed by atoms with Gasteiger partial charge in [-0.15, -0.1) is 0 Å². The van der Waals surface area contributed by atoms with Gasteiger partial charge in [-0.2, -0.15) is 0 Å². The second-order valence-electron chi connectivity index (χ2n) is 5.18. The molecule has 0 bridgehead atoms. The molecule has 1 aliphatic heterocycles. The molecule has 0 spiro atoms. The molecule has 5 nitrogen and oxygen atoms in total. The second-order valence-corrected chi connectivity index (χ2v) is 6.04. The lowest BCUT2D eigenvalue weighted by Crippen LogP contribution is -2.56. The summed E-state index contributed by atoms with van der Waals surface area (Å²) < 4.78 is 10.8. The number of methoxy groups -OCH3 is 1. The van der Waals surface area contributed by atoms with Gasteiger partial charge >= 0.3 is 0 Å². The van der Waals surface area contributed by atoms with E-state index in [9.17, 15) is 4.79 Å². The van der Waals surface area contributed by atoms with E-state index in [2.05, 4.69) is 4.98 Å². The molecule has 0 saturated carbocycles. The van der Waals surface area contributed by atoms with Gasteiger partial charge in [0.2, 0.25) is 5.91 Å². The van der Waals surface area contributed by atoms with Gasteiger partial charge in [0.05, 0.1) is 20.2 Å². The fourth-order valence-corrected chi connectivity index (χ4v) is 2.88. The van der Waals surface area contributed by atoms with Gasteiger partial charge in [0.1, 0.15) is 11.9 Å². The second kappa shape index (κ2) is 6.79. The maximum atomic E-state index is 12.1. The van der Waals surface area contributed by atoms with Crippen LogP contribution in [0.1, 0.15) is 12.0 Å². The van der Waals surface area contributed by atoms with Crippen LogP contribution in [0.15, 0.2) is 35.8 Å². The lowest BCUT2D eigenvalue weighted by Gasteiger charge is -2.38. The molecule has 1 saturated heterocycles. The Morgan fingerprint density at radius 1 is 1.36 bits per heavy atom. The minimum atomic E-state index is 0.0797. The largest absolute Gasteiger partial charge is 0.497 e. The molecule has 0 unspecified atom stereocenters. The van der Waals surface area contributed by atoms with Crippen molar-refractivity contribution >= 4 is 17.2 Å². The summed E-state index contributed by atoms with van der Waals surface area (Å²) in [6.45, 7) is 1.31. The molecule has 1 aliphatic rings. The number of carbonyl (C=O) groups excluding carboxylic acids is 1. The van der Waals surface area contributed by atoms with Crippen molar-refractivity contribution in [3.8, 4) is 10.9 Å². The fraction of sp³-hybridized carbons (Fsp3) is 0.375. The van der Waals surface area contributed by atoms with E-state index in [1.165, 1.54) is 11.3 Å². The number of likely N-dealkylation sites (tertiary alicyclic amines) is 1. The van der Waals surface area contributed by atoms with E-state index in [1.807, 2.05) is 34.5 Å². The maximum absolute atomic E-state index is 12.1. The van der Waals surface area contributed by atoms with Crippen LogP contribution in [0.2, 0.25) is 0 Å². The van der Waals surface area contributed by atoms with E-state index in [-0.39, 0.29) is 12.0 Å². The first-order chi connectivity index (χ1) is 10.7. The average molecular weight is 318 g/mol. The first-order valence-electron chi connectivity index (χ1n) is 7.21. The first-order valence-corrected chi connectivity index (χ1v) is 8.09. The molecule has 3 rings (SSSR count). The molecule has 0 atom stereocenters. The molecule has 6 heteroatoms. The van der Waals surface area contributed by atoms with E-state index in [1.54, 1.807) is 13.3 Å². The van der Waals surface area contributed by atoms with Gasteiger partial charge in [-0.3, -0.25) is 4.79 Å². The summed E-state index contributed by atoms with van der Waals surface area (Å²) in [7, 11) is 1.65. The van der Waals surface area contributed by atoms with Crippen LogP contribution in [-0.2, 0) is 11.2 Å². The Morgan fingerprint density at radius 3 is 2.77 bits per heavy atom. The van der Waals surface area contributed by atoms with Crippen molar-refractivity contribution < 1.29 is 14.3 Å². The third-order valence-electron chi connectivity index (χ3n) is 3.66. The summed E-state index contributed by atoms with van der Waals surface area (Å²) in [6.07, 6.45) is 3.07. The highest BCUT2D eigenvalue weighted by Crippen LogP contribution is 2.21. The van der Waals surface area contributed by atoms with Gasteiger partial charge < -0.3 is 14.4 Å². The smallest absolute Gasteiger partial charge is 0.273 e.